The Labute approximate surface area is 201 Å². The Bertz CT molecular complexity index is 958. The average molecular weight is 500 g/mol. The van der Waals surface area contributed by atoms with Crippen LogP contribution in [0.2, 0.25) is 0 Å². The highest BCUT2D eigenvalue weighted by atomic mass is 79.9. The van der Waals surface area contributed by atoms with Crippen LogP contribution in [0.1, 0.15) is 62.6 Å². The van der Waals surface area contributed by atoms with Crippen LogP contribution in [0.5, 0.6) is 0 Å². The fourth-order valence-corrected chi connectivity index (χ4v) is 7.39. The van der Waals surface area contributed by atoms with E-state index in [0.717, 1.165) is 33.0 Å². The van der Waals surface area contributed by atoms with Crippen molar-refractivity contribution in [3.05, 3.63) is 51.5 Å². The SMILES string of the molecule is Cc1cc(C)c(-c2cccc(Br)c2NC(=S)NC2(C)CC3CC(C)CC(C3)C2)c(C)c1. The number of benzene rings is 2. The summed E-state index contributed by atoms with van der Waals surface area (Å²) in [7, 11) is 0. The van der Waals surface area contributed by atoms with Crippen LogP contribution in [0.25, 0.3) is 11.1 Å². The lowest BCUT2D eigenvalue weighted by molar-refractivity contribution is 0.0841. The summed E-state index contributed by atoms with van der Waals surface area (Å²) in [6.07, 6.45) is 6.58. The summed E-state index contributed by atoms with van der Waals surface area (Å²) in [5.74, 6) is 2.54. The number of aryl methyl sites for hydroxylation is 3. The van der Waals surface area contributed by atoms with Crippen molar-refractivity contribution in [1.82, 2.24) is 5.32 Å². The van der Waals surface area contributed by atoms with Crippen molar-refractivity contribution in [2.75, 3.05) is 5.32 Å². The van der Waals surface area contributed by atoms with Crippen LogP contribution in [-0.4, -0.2) is 10.7 Å². The highest BCUT2D eigenvalue weighted by molar-refractivity contribution is 9.10. The molecule has 0 aliphatic heterocycles. The zero-order valence-electron chi connectivity index (χ0n) is 19.4. The van der Waals surface area contributed by atoms with Crippen LogP contribution in [0.4, 0.5) is 5.69 Å². The Kier molecular flexibility index (Phi) is 6.52. The normalized spacial score (nSPS) is 27.6. The third-order valence-corrected chi connectivity index (χ3v) is 8.10. The van der Waals surface area contributed by atoms with Gasteiger partial charge in [-0.05, 0) is 128 Å². The minimum Gasteiger partial charge on any atom is -0.357 e. The summed E-state index contributed by atoms with van der Waals surface area (Å²) in [5.41, 5.74) is 7.47. The van der Waals surface area contributed by atoms with E-state index in [1.54, 1.807) is 0 Å². The van der Waals surface area contributed by atoms with E-state index >= 15 is 0 Å². The first-order valence-corrected chi connectivity index (χ1v) is 12.8. The number of nitrogens with one attached hydrogen (secondary N) is 2. The maximum absolute atomic E-state index is 5.86. The van der Waals surface area contributed by atoms with Gasteiger partial charge in [0.15, 0.2) is 5.11 Å². The van der Waals surface area contributed by atoms with Crippen molar-refractivity contribution in [3.63, 3.8) is 0 Å². The molecule has 0 heterocycles. The van der Waals surface area contributed by atoms with E-state index in [1.807, 2.05) is 0 Å². The van der Waals surface area contributed by atoms with Gasteiger partial charge in [0, 0.05) is 15.6 Å². The number of rotatable bonds is 3. The summed E-state index contributed by atoms with van der Waals surface area (Å²) >= 11 is 9.63. The van der Waals surface area contributed by atoms with E-state index < -0.39 is 0 Å². The molecule has 2 unspecified atom stereocenters. The lowest BCUT2D eigenvalue weighted by Gasteiger charge is -2.48. The molecule has 2 atom stereocenters. The van der Waals surface area contributed by atoms with Crippen LogP contribution in [0.15, 0.2) is 34.8 Å². The first-order valence-electron chi connectivity index (χ1n) is 11.6. The molecule has 2 N–H and O–H groups in total. The van der Waals surface area contributed by atoms with E-state index in [1.165, 1.54) is 59.9 Å². The standard InChI is InChI=1S/C27H35BrN2S/c1-16-9-18(3)24(19(4)10-16)22-7-6-8-23(28)25(22)29-26(31)30-27(5)14-20-11-17(2)12-21(13-20)15-27/h6-10,17,20-21H,11-15H2,1-5H3,(H2,29,30,31). The van der Waals surface area contributed by atoms with Gasteiger partial charge in [0.1, 0.15) is 0 Å². The second-order valence-corrected chi connectivity index (χ2v) is 11.8. The van der Waals surface area contributed by atoms with Crippen molar-refractivity contribution in [2.24, 2.45) is 17.8 Å². The Hall–Kier alpha value is -1.39. The van der Waals surface area contributed by atoms with Gasteiger partial charge < -0.3 is 10.6 Å². The molecule has 2 saturated carbocycles. The highest BCUT2D eigenvalue weighted by Crippen LogP contribution is 2.46. The number of hydrogen-bond donors (Lipinski definition) is 2. The summed E-state index contributed by atoms with van der Waals surface area (Å²) in [4.78, 5) is 0. The predicted octanol–water partition coefficient (Wildman–Crippen LogP) is 7.93. The molecule has 2 aliphatic carbocycles. The van der Waals surface area contributed by atoms with Crippen molar-refractivity contribution in [1.29, 1.82) is 0 Å². The number of halogens is 1. The van der Waals surface area contributed by atoms with E-state index in [-0.39, 0.29) is 5.54 Å². The topological polar surface area (TPSA) is 24.1 Å². The summed E-state index contributed by atoms with van der Waals surface area (Å²) in [5, 5.41) is 8.03. The summed E-state index contributed by atoms with van der Waals surface area (Å²) in [6, 6.07) is 10.9. The number of anilines is 1. The lowest BCUT2D eigenvalue weighted by atomic mass is 9.63. The van der Waals surface area contributed by atoms with E-state index in [0.29, 0.717) is 0 Å². The molecular weight excluding hydrogens is 464 g/mol. The van der Waals surface area contributed by atoms with Crippen LogP contribution in [-0.2, 0) is 0 Å². The molecule has 2 bridgehead atoms. The van der Waals surface area contributed by atoms with Crippen molar-refractivity contribution in [3.8, 4) is 11.1 Å². The van der Waals surface area contributed by atoms with Crippen LogP contribution in [0.3, 0.4) is 0 Å². The molecule has 2 fully saturated rings. The molecule has 2 aromatic carbocycles. The molecule has 0 radical (unpaired) electrons. The molecule has 0 saturated heterocycles. The van der Waals surface area contributed by atoms with E-state index in [9.17, 15) is 0 Å². The van der Waals surface area contributed by atoms with Crippen molar-refractivity contribution < 1.29 is 0 Å². The minimum atomic E-state index is 0.0783. The van der Waals surface area contributed by atoms with E-state index in [2.05, 4.69) is 91.5 Å². The van der Waals surface area contributed by atoms with Gasteiger partial charge in [0.25, 0.3) is 0 Å². The van der Waals surface area contributed by atoms with Crippen molar-refractivity contribution >= 4 is 38.9 Å². The Morgan fingerprint density at radius 2 is 1.65 bits per heavy atom. The summed E-state index contributed by atoms with van der Waals surface area (Å²) in [6.45, 7) is 11.3. The number of fused-ring (bicyclic) bond motifs is 2. The lowest BCUT2D eigenvalue weighted by Crippen LogP contribution is -2.53. The van der Waals surface area contributed by atoms with Gasteiger partial charge >= 0.3 is 0 Å². The van der Waals surface area contributed by atoms with E-state index in [4.69, 9.17) is 12.2 Å². The molecule has 31 heavy (non-hydrogen) atoms. The fraction of sp³-hybridized carbons (Fsp3) is 0.519. The molecule has 2 aromatic rings. The van der Waals surface area contributed by atoms with Gasteiger partial charge in [-0.15, -0.1) is 0 Å². The molecule has 0 amide bonds. The predicted molar refractivity (Wildman–Crippen MR) is 141 cm³/mol. The largest absolute Gasteiger partial charge is 0.357 e. The fourth-order valence-electron chi connectivity index (χ4n) is 6.57. The van der Waals surface area contributed by atoms with Gasteiger partial charge in [0.05, 0.1) is 5.69 Å². The molecule has 2 nitrogen and oxygen atoms in total. The maximum atomic E-state index is 5.86. The first-order chi connectivity index (χ1) is 14.6. The quantitative estimate of drug-likeness (QED) is 0.419. The molecule has 2 aliphatic rings. The number of para-hydroxylation sites is 1. The average Bonchev–Trinajstić information content (AvgIpc) is 2.61. The second kappa shape index (κ2) is 8.86. The zero-order chi connectivity index (χ0) is 22.3. The third kappa shape index (κ3) is 5.01. The molecule has 4 rings (SSSR count). The van der Waals surface area contributed by atoms with Gasteiger partial charge in [-0.2, -0.15) is 0 Å². The highest BCUT2D eigenvalue weighted by Gasteiger charge is 2.41. The summed E-state index contributed by atoms with van der Waals surface area (Å²) < 4.78 is 1.04. The number of thiocarbonyl (C=S) groups is 1. The molecule has 166 valence electrons. The second-order valence-electron chi connectivity index (χ2n) is 10.5. The maximum Gasteiger partial charge on any atom is 0.171 e. The Balaban J connectivity index is 1.57. The molecular formula is C27H35BrN2S. The van der Waals surface area contributed by atoms with Gasteiger partial charge in [0.2, 0.25) is 0 Å². The number of hydrogen-bond acceptors (Lipinski definition) is 1. The third-order valence-electron chi connectivity index (χ3n) is 7.23. The molecule has 4 heteroatoms. The van der Waals surface area contributed by atoms with Crippen LogP contribution in [0, 0.1) is 38.5 Å². The van der Waals surface area contributed by atoms with Gasteiger partial charge in [-0.1, -0.05) is 36.8 Å². The Morgan fingerprint density at radius 3 is 2.26 bits per heavy atom. The van der Waals surface area contributed by atoms with Crippen LogP contribution >= 0.6 is 28.1 Å². The molecule has 0 aromatic heterocycles. The van der Waals surface area contributed by atoms with Crippen molar-refractivity contribution in [2.45, 2.75) is 72.3 Å². The van der Waals surface area contributed by atoms with Gasteiger partial charge in [-0.25, -0.2) is 0 Å². The first kappa shape index (κ1) is 22.8. The minimum absolute atomic E-state index is 0.0783. The smallest absolute Gasteiger partial charge is 0.171 e. The van der Waals surface area contributed by atoms with Gasteiger partial charge in [-0.3, -0.25) is 0 Å². The monoisotopic (exact) mass is 498 g/mol. The Morgan fingerprint density at radius 1 is 1.03 bits per heavy atom. The van der Waals surface area contributed by atoms with Crippen LogP contribution < -0.4 is 10.6 Å². The zero-order valence-corrected chi connectivity index (χ0v) is 21.8. The molecule has 0 spiro atoms.